The summed E-state index contributed by atoms with van der Waals surface area (Å²) in [5, 5.41) is 16.7. The van der Waals surface area contributed by atoms with E-state index in [9.17, 15) is 4.79 Å². The Morgan fingerprint density at radius 3 is 2.64 bits per heavy atom. The number of hydrogen-bond donors (Lipinski definition) is 2. The van der Waals surface area contributed by atoms with Crippen LogP contribution < -0.4 is 5.73 Å². The van der Waals surface area contributed by atoms with Gasteiger partial charge in [-0.05, 0) is 56.6 Å². The van der Waals surface area contributed by atoms with Crippen LogP contribution in [0.2, 0.25) is 0 Å². The highest BCUT2D eigenvalue weighted by Gasteiger charge is 2.24. The van der Waals surface area contributed by atoms with Gasteiger partial charge in [0.05, 0.1) is 24.0 Å². The number of rotatable bonds is 6. The first-order valence-corrected chi connectivity index (χ1v) is 8.57. The number of nitrogens with two attached hydrogens (primary N) is 1. The van der Waals surface area contributed by atoms with Gasteiger partial charge in [-0.3, -0.25) is 9.78 Å². The van der Waals surface area contributed by atoms with Crippen LogP contribution in [0.3, 0.4) is 0 Å². The van der Waals surface area contributed by atoms with Gasteiger partial charge < -0.3 is 15.7 Å². The molecule has 1 aliphatic rings. The molecule has 2 aromatic heterocycles. The molecule has 3 N–H and O–H groups in total. The smallest absolute Gasteiger partial charge is 0.306 e. The zero-order chi connectivity index (χ0) is 17.6. The Morgan fingerprint density at radius 1 is 1.24 bits per heavy atom. The average molecular weight is 341 g/mol. The van der Waals surface area contributed by atoms with Gasteiger partial charge in [0.25, 0.3) is 0 Å². The minimum absolute atomic E-state index is 0.0747. The SMILES string of the molecule is NC(CCN1CCC(C(=O)O)CC1)c1ccc(-c2ccnnc2)nc1. The molecule has 7 nitrogen and oxygen atoms in total. The molecule has 7 heteroatoms. The third kappa shape index (κ3) is 4.58. The lowest BCUT2D eigenvalue weighted by Crippen LogP contribution is -2.37. The summed E-state index contributed by atoms with van der Waals surface area (Å²) in [5.74, 6) is -0.865. The van der Waals surface area contributed by atoms with Crippen LogP contribution >= 0.6 is 0 Å². The van der Waals surface area contributed by atoms with Gasteiger partial charge in [-0.2, -0.15) is 10.2 Å². The van der Waals surface area contributed by atoms with Gasteiger partial charge in [0.1, 0.15) is 0 Å². The van der Waals surface area contributed by atoms with Crippen LogP contribution in [0.5, 0.6) is 0 Å². The van der Waals surface area contributed by atoms with Crippen molar-refractivity contribution in [2.24, 2.45) is 11.7 Å². The zero-order valence-corrected chi connectivity index (χ0v) is 14.1. The largest absolute Gasteiger partial charge is 0.481 e. The van der Waals surface area contributed by atoms with E-state index in [0.717, 1.165) is 55.7 Å². The fourth-order valence-corrected chi connectivity index (χ4v) is 3.13. The monoisotopic (exact) mass is 341 g/mol. The number of aromatic nitrogens is 3. The summed E-state index contributed by atoms with van der Waals surface area (Å²) in [6, 6.07) is 5.75. The third-order valence-electron chi connectivity index (χ3n) is 4.79. The fraction of sp³-hybridized carbons (Fsp3) is 0.444. The molecule has 0 bridgehead atoms. The second kappa shape index (κ2) is 8.13. The van der Waals surface area contributed by atoms with Crippen LogP contribution in [-0.2, 0) is 4.79 Å². The quantitative estimate of drug-likeness (QED) is 0.824. The number of pyridine rings is 1. The lowest BCUT2D eigenvalue weighted by molar-refractivity contribution is -0.143. The average Bonchev–Trinajstić information content (AvgIpc) is 2.67. The molecule has 1 atom stereocenters. The van der Waals surface area contributed by atoms with E-state index in [0.29, 0.717) is 0 Å². The number of carbonyl (C=O) groups is 1. The number of piperidine rings is 1. The molecular formula is C18H23N5O2. The van der Waals surface area contributed by atoms with Crippen LogP contribution in [0.25, 0.3) is 11.3 Å². The maximum atomic E-state index is 11.0. The Morgan fingerprint density at radius 2 is 2.04 bits per heavy atom. The normalized spacial score (nSPS) is 17.3. The maximum Gasteiger partial charge on any atom is 0.306 e. The fourth-order valence-electron chi connectivity index (χ4n) is 3.13. The minimum Gasteiger partial charge on any atom is -0.481 e. The molecule has 0 saturated carbocycles. The van der Waals surface area contributed by atoms with Gasteiger partial charge in [-0.25, -0.2) is 0 Å². The Hall–Kier alpha value is -2.38. The third-order valence-corrected chi connectivity index (χ3v) is 4.79. The van der Waals surface area contributed by atoms with Crippen molar-refractivity contribution in [3.05, 3.63) is 42.4 Å². The van der Waals surface area contributed by atoms with Gasteiger partial charge >= 0.3 is 5.97 Å². The van der Waals surface area contributed by atoms with Gasteiger partial charge in [0, 0.05) is 17.8 Å². The molecule has 1 fully saturated rings. The summed E-state index contributed by atoms with van der Waals surface area (Å²) in [5.41, 5.74) is 9.07. The number of likely N-dealkylation sites (tertiary alicyclic amines) is 1. The Balaban J connectivity index is 1.50. The predicted octanol–water partition coefficient (Wildman–Crippen LogP) is 1.73. The Bertz CT molecular complexity index is 684. The summed E-state index contributed by atoms with van der Waals surface area (Å²) >= 11 is 0. The maximum absolute atomic E-state index is 11.0. The molecule has 1 saturated heterocycles. The van der Waals surface area contributed by atoms with Crippen LogP contribution in [0, 0.1) is 5.92 Å². The van der Waals surface area contributed by atoms with Crippen LogP contribution in [0.15, 0.2) is 36.8 Å². The van der Waals surface area contributed by atoms with E-state index >= 15 is 0 Å². The topological polar surface area (TPSA) is 105 Å². The second-order valence-corrected chi connectivity index (χ2v) is 6.46. The lowest BCUT2D eigenvalue weighted by atomic mass is 9.96. The van der Waals surface area contributed by atoms with E-state index in [-0.39, 0.29) is 12.0 Å². The van der Waals surface area contributed by atoms with E-state index < -0.39 is 5.97 Å². The van der Waals surface area contributed by atoms with Crippen molar-refractivity contribution in [2.75, 3.05) is 19.6 Å². The first kappa shape index (κ1) is 17.4. The number of hydrogen-bond acceptors (Lipinski definition) is 6. The van der Waals surface area contributed by atoms with Crippen LogP contribution in [0.1, 0.15) is 30.9 Å². The van der Waals surface area contributed by atoms with Gasteiger partial charge in [-0.1, -0.05) is 6.07 Å². The first-order valence-electron chi connectivity index (χ1n) is 8.57. The number of nitrogens with zero attached hydrogens (tertiary/aromatic N) is 4. The summed E-state index contributed by atoms with van der Waals surface area (Å²) < 4.78 is 0. The summed E-state index contributed by atoms with van der Waals surface area (Å²) in [6.07, 6.45) is 7.42. The van der Waals surface area contributed by atoms with Crippen molar-refractivity contribution in [2.45, 2.75) is 25.3 Å². The minimum atomic E-state index is -0.674. The van der Waals surface area contributed by atoms with Crippen molar-refractivity contribution in [1.82, 2.24) is 20.1 Å². The predicted molar refractivity (Wildman–Crippen MR) is 93.6 cm³/mol. The molecule has 0 amide bonds. The summed E-state index contributed by atoms with van der Waals surface area (Å²) in [6.45, 7) is 2.54. The molecule has 1 unspecified atom stereocenters. The van der Waals surface area contributed by atoms with Crippen molar-refractivity contribution in [3.63, 3.8) is 0 Å². The molecular weight excluding hydrogens is 318 g/mol. The van der Waals surface area contributed by atoms with Gasteiger partial charge in [0.15, 0.2) is 0 Å². The van der Waals surface area contributed by atoms with E-state index in [4.69, 9.17) is 10.8 Å². The molecule has 132 valence electrons. The summed E-state index contributed by atoms with van der Waals surface area (Å²) in [4.78, 5) is 17.8. The van der Waals surface area contributed by atoms with Crippen molar-refractivity contribution >= 4 is 5.97 Å². The van der Waals surface area contributed by atoms with E-state index in [1.54, 1.807) is 12.4 Å². The summed E-state index contributed by atoms with van der Waals surface area (Å²) in [7, 11) is 0. The first-order chi connectivity index (χ1) is 12.1. The highest BCUT2D eigenvalue weighted by Crippen LogP contribution is 2.21. The molecule has 2 aromatic rings. The standard InChI is InChI=1S/C18H23N5O2/c19-16(6-10-23-8-4-13(5-9-23)18(24)25)14-1-2-17(20-11-14)15-3-7-21-22-12-15/h1-3,7,11-13,16H,4-6,8-10,19H2,(H,24,25). The molecule has 3 heterocycles. The number of carboxylic acids is 1. The lowest BCUT2D eigenvalue weighted by Gasteiger charge is -2.30. The number of aliphatic carboxylic acids is 1. The Kier molecular flexibility index (Phi) is 5.67. The molecule has 25 heavy (non-hydrogen) atoms. The van der Waals surface area contributed by atoms with Gasteiger partial charge in [0.2, 0.25) is 0 Å². The van der Waals surface area contributed by atoms with Crippen LogP contribution in [0.4, 0.5) is 0 Å². The number of carboxylic acid groups (broad SMARTS) is 1. The molecule has 0 spiro atoms. The molecule has 1 aliphatic heterocycles. The molecule has 0 aromatic carbocycles. The second-order valence-electron chi connectivity index (χ2n) is 6.46. The highest BCUT2D eigenvalue weighted by molar-refractivity contribution is 5.70. The van der Waals surface area contributed by atoms with Crippen molar-refractivity contribution in [1.29, 1.82) is 0 Å². The zero-order valence-electron chi connectivity index (χ0n) is 14.1. The van der Waals surface area contributed by atoms with E-state index in [2.05, 4.69) is 20.1 Å². The van der Waals surface area contributed by atoms with Gasteiger partial charge in [-0.15, -0.1) is 0 Å². The molecule has 3 rings (SSSR count). The Labute approximate surface area is 146 Å². The van der Waals surface area contributed by atoms with Crippen LogP contribution in [-0.4, -0.2) is 50.8 Å². The van der Waals surface area contributed by atoms with Crippen molar-refractivity contribution < 1.29 is 9.90 Å². The van der Waals surface area contributed by atoms with E-state index in [1.165, 1.54) is 0 Å². The molecule has 0 aliphatic carbocycles. The molecule has 0 radical (unpaired) electrons. The van der Waals surface area contributed by atoms with E-state index in [1.807, 2.05) is 24.4 Å². The van der Waals surface area contributed by atoms with Crippen molar-refractivity contribution in [3.8, 4) is 11.3 Å². The highest BCUT2D eigenvalue weighted by atomic mass is 16.4.